The molecule has 0 atom stereocenters. The second-order valence-corrected chi connectivity index (χ2v) is 8.81. The molecule has 0 radical (unpaired) electrons. The Hall–Kier alpha value is -3.23. The number of nitrogens with one attached hydrogen (secondary N) is 2. The van der Waals surface area contributed by atoms with E-state index in [1.165, 1.54) is 17.5 Å². The maximum atomic E-state index is 13.0. The molecule has 2 aromatic heterocycles. The third-order valence-corrected chi connectivity index (χ3v) is 6.34. The van der Waals surface area contributed by atoms with Crippen LogP contribution in [-0.2, 0) is 4.79 Å². The van der Waals surface area contributed by atoms with Crippen LogP contribution in [0.4, 0.5) is 11.5 Å². The van der Waals surface area contributed by atoms with Gasteiger partial charge in [0.2, 0.25) is 5.91 Å². The summed E-state index contributed by atoms with van der Waals surface area (Å²) in [6.07, 6.45) is 2.62. The summed E-state index contributed by atoms with van der Waals surface area (Å²) in [5, 5.41) is 7.97. The van der Waals surface area contributed by atoms with Gasteiger partial charge in [-0.05, 0) is 54.6 Å². The standard InChI is InChI=1S/C23H21ClN4O3S/c24-17-6-7-20(25-14-17)27-21(29)15-8-10-28(11-9-15)23(31)16-3-1-4-18(13-16)26-22(30)19-5-2-12-32-19/h1-7,12-15H,8-11H2,(H,26,30)(H,25,27,29). The van der Waals surface area contributed by atoms with E-state index < -0.39 is 0 Å². The van der Waals surface area contributed by atoms with Gasteiger partial charge in [-0.25, -0.2) is 4.98 Å². The molecule has 2 N–H and O–H groups in total. The molecule has 1 saturated heterocycles. The number of rotatable bonds is 5. The summed E-state index contributed by atoms with van der Waals surface area (Å²) < 4.78 is 0. The van der Waals surface area contributed by atoms with Gasteiger partial charge in [0.15, 0.2) is 0 Å². The Bertz CT molecular complexity index is 1110. The Labute approximate surface area is 194 Å². The number of hydrogen-bond donors (Lipinski definition) is 2. The number of likely N-dealkylation sites (tertiary alicyclic amines) is 1. The van der Waals surface area contributed by atoms with Gasteiger partial charge in [0.05, 0.1) is 9.90 Å². The summed E-state index contributed by atoms with van der Waals surface area (Å²) in [4.78, 5) is 44.2. The lowest BCUT2D eigenvalue weighted by atomic mass is 9.95. The summed E-state index contributed by atoms with van der Waals surface area (Å²) in [5.41, 5.74) is 1.07. The highest BCUT2D eigenvalue weighted by atomic mass is 35.5. The largest absolute Gasteiger partial charge is 0.339 e. The fourth-order valence-electron chi connectivity index (χ4n) is 3.54. The second kappa shape index (κ2) is 9.93. The third kappa shape index (κ3) is 5.33. The second-order valence-electron chi connectivity index (χ2n) is 7.43. The zero-order chi connectivity index (χ0) is 22.5. The van der Waals surface area contributed by atoms with Crippen LogP contribution in [0.25, 0.3) is 0 Å². The number of amides is 3. The van der Waals surface area contributed by atoms with Crippen LogP contribution in [0.15, 0.2) is 60.1 Å². The van der Waals surface area contributed by atoms with Gasteiger partial charge in [0.1, 0.15) is 5.82 Å². The minimum Gasteiger partial charge on any atom is -0.339 e. The third-order valence-electron chi connectivity index (χ3n) is 5.24. The van der Waals surface area contributed by atoms with Crippen molar-refractivity contribution in [3.05, 3.63) is 75.6 Å². The molecule has 7 nitrogen and oxygen atoms in total. The fraction of sp³-hybridized carbons (Fsp3) is 0.217. The van der Waals surface area contributed by atoms with Gasteiger partial charge in [-0.1, -0.05) is 23.7 Å². The van der Waals surface area contributed by atoms with Crippen molar-refractivity contribution in [2.75, 3.05) is 23.7 Å². The number of pyridine rings is 1. The predicted octanol–water partition coefficient (Wildman–Crippen LogP) is 4.54. The van der Waals surface area contributed by atoms with Crippen LogP contribution in [0, 0.1) is 5.92 Å². The van der Waals surface area contributed by atoms with Crippen LogP contribution in [0.5, 0.6) is 0 Å². The van der Waals surface area contributed by atoms with E-state index in [4.69, 9.17) is 11.6 Å². The van der Waals surface area contributed by atoms with Crippen molar-refractivity contribution in [2.45, 2.75) is 12.8 Å². The molecule has 9 heteroatoms. The van der Waals surface area contributed by atoms with E-state index in [1.54, 1.807) is 47.4 Å². The molecule has 3 aromatic rings. The highest BCUT2D eigenvalue weighted by Gasteiger charge is 2.28. The summed E-state index contributed by atoms with van der Waals surface area (Å²) >= 11 is 7.18. The van der Waals surface area contributed by atoms with Crippen LogP contribution in [-0.4, -0.2) is 40.7 Å². The highest BCUT2D eigenvalue weighted by Crippen LogP contribution is 2.22. The lowest BCUT2D eigenvalue weighted by molar-refractivity contribution is -0.121. The van der Waals surface area contributed by atoms with Crippen molar-refractivity contribution in [3.8, 4) is 0 Å². The highest BCUT2D eigenvalue weighted by molar-refractivity contribution is 7.12. The first kappa shape index (κ1) is 22.0. The fourth-order valence-corrected chi connectivity index (χ4v) is 4.27. The molecule has 32 heavy (non-hydrogen) atoms. The number of piperidine rings is 1. The van der Waals surface area contributed by atoms with Crippen LogP contribution >= 0.6 is 22.9 Å². The molecule has 1 aliphatic heterocycles. The average molecular weight is 469 g/mol. The molecule has 0 bridgehead atoms. The van der Waals surface area contributed by atoms with Crippen LogP contribution < -0.4 is 10.6 Å². The maximum absolute atomic E-state index is 13.0. The van der Waals surface area contributed by atoms with Gasteiger partial charge in [-0.2, -0.15) is 0 Å². The van der Waals surface area contributed by atoms with Crippen LogP contribution in [0.2, 0.25) is 5.02 Å². The number of benzene rings is 1. The number of nitrogens with zero attached hydrogens (tertiary/aromatic N) is 2. The van der Waals surface area contributed by atoms with E-state index in [-0.39, 0.29) is 23.6 Å². The number of hydrogen-bond acceptors (Lipinski definition) is 5. The predicted molar refractivity (Wildman–Crippen MR) is 125 cm³/mol. The zero-order valence-corrected chi connectivity index (χ0v) is 18.7. The normalized spacial score (nSPS) is 14.1. The number of halogens is 1. The van der Waals surface area contributed by atoms with E-state index >= 15 is 0 Å². The monoisotopic (exact) mass is 468 g/mol. The van der Waals surface area contributed by atoms with E-state index in [0.29, 0.717) is 52.9 Å². The van der Waals surface area contributed by atoms with Crippen LogP contribution in [0.3, 0.4) is 0 Å². The lowest BCUT2D eigenvalue weighted by Gasteiger charge is -2.31. The average Bonchev–Trinajstić information content (AvgIpc) is 3.36. The molecule has 1 aromatic carbocycles. The minimum atomic E-state index is -0.202. The first-order valence-electron chi connectivity index (χ1n) is 10.2. The van der Waals surface area contributed by atoms with Gasteiger partial charge in [-0.15, -0.1) is 11.3 Å². The lowest BCUT2D eigenvalue weighted by Crippen LogP contribution is -2.41. The minimum absolute atomic E-state index is 0.106. The summed E-state index contributed by atoms with van der Waals surface area (Å²) in [6.45, 7) is 0.966. The number of carbonyl (C=O) groups excluding carboxylic acids is 3. The molecule has 4 rings (SSSR count). The number of anilines is 2. The number of carbonyl (C=O) groups is 3. The van der Waals surface area contributed by atoms with Crippen molar-refractivity contribution >= 4 is 52.2 Å². The summed E-state index contributed by atoms with van der Waals surface area (Å²) in [7, 11) is 0. The van der Waals surface area contributed by atoms with E-state index in [9.17, 15) is 14.4 Å². The molecule has 3 heterocycles. The van der Waals surface area contributed by atoms with Crippen molar-refractivity contribution in [3.63, 3.8) is 0 Å². The maximum Gasteiger partial charge on any atom is 0.265 e. The molecule has 3 amide bonds. The van der Waals surface area contributed by atoms with Crippen LogP contribution in [0.1, 0.15) is 32.9 Å². The van der Waals surface area contributed by atoms with Gasteiger partial charge in [0.25, 0.3) is 11.8 Å². The Balaban J connectivity index is 1.32. The molecule has 0 saturated carbocycles. The molecular formula is C23H21ClN4O3S. The number of aromatic nitrogens is 1. The van der Waals surface area contributed by atoms with Crippen molar-refractivity contribution in [2.24, 2.45) is 5.92 Å². The molecule has 0 aliphatic carbocycles. The van der Waals surface area contributed by atoms with Gasteiger partial charge >= 0.3 is 0 Å². The molecule has 1 aliphatic rings. The smallest absolute Gasteiger partial charge is 0.265 e. The molecule has 164 valence electrons. The Morgan fingerprint density at radius 3 is 2.53 bits per heavy atom. The molecule has 0 unspecified atom stereocenters. The van der Waals surface area contributed by atoms with Gasteiger partial charge in [0, 0.05) is 36.5 Å². The topological polar surface area (TPSA) is 91.4 Å². The zero-order valence-electron chi connectivity index (χ0n) is 17.1. The Morgan fingerprint density at radius 1 is 1.03 bits per heavy atom. The Morgan fingerprint density at radius 2 is 1.84 bits per heavy atom. The van der Waals surface area contributed by atoms with Crippen molar-refractivity contribution in [1.29, 1.82) is 0 Å². The molecule has 1 fully saturated rings. The first-order chi connectivity index (χ1) is 15.5. The van der Waals surface area contributed by atoms with Crippen molar-refractivity contribution in [1.82, 2.24) is 9.88 Å². The van der Waals surface area contributed by atoms with Gasteiger partial charge < -0.3 is 15.5 Å². The molecular weight excluding hydrogens is 448 g/mol. The summed E-state index contributed by atoms with van der Waals surface area (Å²) in [5.74, 6) is -0.153. The first-order valence-corrected chi connectivity index (χ1v) is 11.4. The van der Waals surface area contributed by atoms with E-state index in [1.807, 2.05) is 11.4 Å². The van der Waals surface area contributed by atoms with Gasteiger partial charge in [-0.3, -0.25) is 14.4 Å². The Kier molecular flexibility index (Phi) is 6.82. The van der Waals surface area contributed by atoms with E-state index in [0.717, 1.165) is 0 Å². The van der Waals surface area contributed by atoms with E-state index in [2.05, 4.69) is 15.6 Å². The SMILES string of the molecule is O=C(Nc1cccc(C(=O)N2CCC(C(=O)Nc3ccc(Cl)cn3)CC2)c1)c1cccs1. The quantitative estimate of drug-likeness (QED) is 0.575. The summed E-state index contributed by atoms with van der Waals surface area (Å²) in [6, 6.07) is 13.8. The molecule has 0 spiro atoms. The number of thiophene rings is 1. The van der Waals surface area contributed by atoms with Crippen molar-refractivity contribution < 1.29 is 14.4 Å².